The average Bonchev–Trinajstić information content (AvgIpc) is 3.07. The number of nitrogens with one attached hydrogen (secondary N) is 1. The molecule has 0 aliphatic carbocycles. The molecule has 2 heterocycles. The molecular formula is C17H28N2OS. The Morgan fingerprint density at radius 1 is 1.33 bits per heavy atom. The van der Waals surface area contributed by atoms with Crippen molar-refractivity contribution in [2.24, 2.45) is 17.8 Å². The lowest BCUT2D eigenvalue weighted by atomic mass is 9.96. The highest BCUT2D eigenvalue weighted by molar-refractivity contribution is 7.10. The van der Waals surface area contributed by atoms with Crippen LogP contribution in [0.15, 0.2) is 17.5 Å². The quantitative estimate of drug-likeness (QED) is 0.865. The molecule has 0 spiro atoms. The zero-order chi connectivity index (χ0) is 15.6. The first-order valence-corrected chi connectivity index (χ1v) is 8.93. The van der Waals surface area contributed by atoms with Gasteiger partial charge in [0.25, 0.3) is 0 Å². The van der Waals surface area contributed by atoms with Gasteiger partial charge in [-0.3, -0.25) is 10.1 Å². The van der Waals surface area contributed by atoms with Crippen LogP contribution in [0.5, 0.6) is 0 Å². The summed E-state index contributed by atoms with van der Waals surface area (Å²) in [4.78, 5) is 16.1. The number of amides is 1. The third-order valence-corrected chi connectivity index (χ3v) is 5.77. The SMILES string of the molecule is CCC(C)C1NC(c2cccs2)N(CC(C)C(C)C)C1=O. The minimum atomic E-state index is -0.0403. The molecule has 1 aliphatic rings. The summed E-state index contributed by atoms with van der Waals surface area (Å²) in [6.45, 7) is 11.8. The number of carbonyl (C=O) groups is 1. The Morgan fingerprint density at radius 2 is 2.05 bits per heavy atom. The average molecular weight is 308 g/mol. The molecule has 2 rings (SSSR count). The summed E-state index contributed by atoms with van der Waals surface area (Å²) in [5, 5.41) is 5.66. The van der Waals surface area contributed by atoms with Crippen molar-refractivity contribution in [2.45, 2.75) is 53.2 Å². The van der Waals surface area contributed by atoms with Gasteiger partial charge in [0.2, 0.25) is 5.91 Å². The molecule has 4 heteroatoms. The standard InChI is InChI=1S/C17H28N2OS/c1-6-12(4)15-17(20)19(10-13(5)11(2)3)16(18-15)14-8-7-9-21-14/h7-9,11-13,15-16,18H,6,10H2,1-5H3. The van der Waals surface area contributed by atoms with E-state index in [1.165, 1.54) is 4.88 Å². The molecule has 4 unspecified atom stereocenters. The van der Waals surface area contributed by atoms with Crippen molar-refractivity contribution in [3.8, 4) is 0 Å². The Balaban J connectivity index is 2.22. The maximum atomic E-state index is 12.8. The van der Waals surface area contributed by atoms with E-state index in [0.717, 1.165) is 13.0 Å². The van der Waals surface area contributed by atoms with Crippen LogP contribution < -0.4 is 5.32 Å². The van der Waals surface area contributed by atoms with E-state index in [9.17, 15) is 4.79 Å². The Labute approximate surface area is 132 Å². The summed E-state index contributed by atoms with van der Waals surface area (Å²) in [7, 11) is 0. The van der Waals surface area contributed by atoms with E-state index in [1.54, 1.807) is 11.3 Å². The van der Waals surface area contributed by atoms with Gasteiger partial charge in [-0.15, -0.1) is 11.3 Å². The molecule has 4 atom stereocenters. The predicted octanol–water partition coefficient (Wildman–Crippen LogP) is 3.89. The van der Waals surface area contributed by atoms with Crippen molar-refractivity contribution in [1.29, 1.82) is 0 Å². The highest BCUT2D eigenvalue weighted by Crippen LogP contribution is 2.32. The fraction of sp³-hybridized carbons (Fsp3) is 0.706. The molecule has 0 saturated carbocycles. The molecule has 118 valence electrons. The Bertz CT molecular complexity index is 457. The summed E-state index contributed by atoms with van der Waals surface area (Å²) in [5.41, 5.74) is 0. The third-order valence-electron chi connectivity index (χ3n) is 4.85. The van der Waals surface area contributed by atoms with E-state index in [-0.39, 0.29) is 18.1 Å². The zero-order valence-electron chi connectivity index (χ0n) is 13.8. The maximum absolute atomic E-state index is 12.8. The van der Waals surface area contributed by atoms with Crippen LogP contribution in [0.25, 0.3) is 0 Å². The molecule has 1 fully saturated rings. The van der Waals surface area contributed by atoms with E-state index >= 15 is 0 Å². The fourth-order valence-electron chi connectivity index (χ4n) is 2.68. The highest BCUT2D eigenvalue weighted by Gasteiger charge is 2.42. The van der Waals surface area contributed by atoms with Crippen molar-refractivity contribution in [1.82, 2.24) is 10.2 Å². The van der Waals surface area contributed by atoms with Gasteiger partial charge in [0.05, 0.1) is 6.04 Å². The van der Waals surface area contributed by atoms with Crippen LogP contribution in [0.3, 0.4) is 0 Å². The molecule has 0 bridgehead atoms. The second-order valence-corrected chi connectivity index (χ2v) is 7.64. The first-order valence-electron chi connectivity index (χ1n) is 8.05. The van der Waals surface area contributed by atoms with Crippen LogP contribution in [0.2, 0.25) is 0 Å². The topological polar surface area (TPSA) is 32.3 Å². The van der Waals surface area contributed by atoms with Gasteiger partial charge in [0, 0.05) is 11.4 Å². The maximum Gasteiger partial charge on any atom is 0.241 e. The van der Waals surface area contributed by atoms with E-state index in [0.29, 0.717) is 17.8 Å². The van der Waals surface area contributed by atoms with Crippen LogP contribution in [-0.2, 0) is 4.79 Å². The first kappa shape index (κ1) is 16.5. The van der Waals surface area contributed by atoms with Crippen LogP contribution in [0, 0.1) is 17.8 Å². The largest absolute Gasteiger partial charge is 0.320 e. The highest BCUT2D eigenvalue weighted by atomic mass is 32.1. The lowest BCUT2D eigenvalue weighted by Gasteiger charge is -2.28. The van der Waals surface area contributed by atoms with Crippen molar-refractivity contribution in [3.05, 3.63) is 22.4 Å². The lowest BCUT2D eigenvalue weighted by Crippen LogP contribution is -2.37. The monoisotopic (exact) mass is 308 g/mol. The molecule has 3 nitrogen and oxygen atoms in total. The van der Waals surface area contributed by atoms with Crippen LogP contribution in [0.1, 0.15) is 52.1 Å². The van der Waals surface area contributed by atoms with Crippen molar-refractivity contribution >= 4 is 17.2 Å². The molecule has 21 heavy (non-hydrogen) atoms. The normalized spacial score (nSPS) is 25.6. The van der Waals surface area contributed by atoms with Gasteiger partial charge in [0.1, 0.15) is 6.17 Å². The summed E-state index contributed by atoms with van der Waals surface area (Å²) in [6.07, 6.45) is 1.08. The number of hydrogen-bond acceptors (Lipinski definition) is 3. The van der Waals surface area contributed by atoms with Gasteiger partial charge in [-0.1, -0.05) is 47.1 Å². The Hall–Kier alpha value is -0.870. The first-order chi connectivity index (χ1) is 9.95. The smallest absolute Gasteiger partial charge is 0.241 e. The van der Waals surface area contributed by atoms with E-state index in [4.69, 9.17) is 0 Å². The molecule has 0 aromatic carbocycles. The van der Waals surface area contributed by atoms with Crippen molar-refractivity contribution in [2.75, 3.05) is 6.54 Å². The number of nitrogens with zero attached hydrogens (tertiary/aromatic N) is 1. The molecule has 1 aliphatic heterocycles. The van der Waals surface area contributed by atoms with Crippen LogP contribution >= 0.6 is 11.3 Å². The van der Waals surface area contributed by atoms with Crippen LogP contribution in [0.4, 0.5) is 0 Å². The minimum Gasteiger partial charge on any atom is -0.320 e. The van der Waals surface area contributed by atoms with Crippen LogP contribution in [-0.4, -0.2) is 23.4 Å². The van der Waals surface area contributed by atoms with Gasteiger partial charge < -0.3 is 4.90 Å². The van der Waals surface area contributed by atoms with Gasteiger partial charge in [-0.2, -0.15) is 0 Å². The lowest BCUT2D eigenvalue weighted by molar-refractivity contribution is -0.131. The fourth-order valence-corrected chi connectivity index (χ4v) is 3.48. The number of rotatable bonds is 6. The van der Waals surface area contributed by atoms with E-state index in [1.807, 2.05) is 0 Å². The molecular weight excluding hydrogens is 280 g/mol. The second kappa shape index (κ2) is 6.93. The molecule has 1 saturated heterocycles. The molecule has 1 N–H and O–H groups in total. The van der Waals surface area contributed by atoms with Gasteiger partial charge in [0.15, 0.2) is 0 Å². The predicted molar refractivity (Wildman–Crippen MR) is 89.2 cm³/mol. The number of hydrogen-bond donors (Lipinski definition) is 1. The molecule has 1 amide bonds. The number of thiophene rings is 1. The third kappa shape index (κ3) is 3.49. The second-order valence-electron chi connectivity index (χ2n) is 6.66. The van der Waals surface area contributed by atoms with Gasteiger partial charge >= 0.3 is 0 Å². The summed E-state index contributed by atoms with van der Waals surface area (Å²) >= 11 is 1.73. The minimum absolute atomic E-state index is 0.0403. The Morgan fingerprint density at radius 3 is 2.57 bits per heavy atom. The molecule has 1 aromatic heterocycles. The Kier molecular flexibility index (Phi) is 5.44. The zero-order valence-corrected chi connectivity index (χ0v) is 14.6. The van der Waals surface area contributed by atoms with Crippen molar-refractivity contribution in [3.63, 3.8) is 0 Å². The van der Waals surface area contributed by atoms with Crippen molar-refractivity contribution < 1.29 is 4.79 Å². The van der Waals surface area contributed by atoms with Gasteiger partial charge in [-0.05, 0) is 29.2 Å². The molecule has 0 radical (unpaired) electrons. The van der Waals surface area contributed by atoms with E-state index in [2.05, 4.69) is 62.3 Å². The summed E-state index contributed by atoms with van der Waals surface area (Å²) in [5.74, 6) is 1.74. The molecule has 1 aromatic rings. The van der Waals surface area contributed by atoms with Gasteiger partial charge in [-0.25, -0.2) is 0 Å². The number of carbonyl (C=O) groups excluding carboxylic acids is 1. The van der Waals surface area contributed by atoms with E-state index < -0.39 is 0 Å². The summed E-state index contributed by atoms with van der Waals surface area (Å²) in [6, 6.07) is 4.15. The summed E-state index contributed by atoms with van der Waals surface area (Å²) < 4.78 is 0.